The van der Waals surface area contributed by atoms with E-state index in [-0.39, 0.29) is 72.9 Å². The molecule has 2 aromatic carbocycles. The predicted octanol–water partition coefficient (Wildman–Crippen LogP) is 2.69. The van der Waals surface area contributed by atoms with E-state index < -0.39 is 47.2 Å². The number of azide groups is 2. The maximum Gasteiger partial charge on any atom is 0.315 e. The monoisotopic (exact) mass is 608 g/mol. The van der Waals surface area contributed by atoms with Crippen LogP contribution < -0.4 is 31.9 Å². The largest absolute Gasteiger partial charge is 0.507 e. The van der Waals surface area contributed by atoms with Crippen LogP contribution in [0.15, 0.2) is 34.5 Å². The Morgan fingerprint density at radius 1 is 0.705 bits per heavy atom. The summed E-state index contributed by atoms with van der Waals surface area (Å²) in [4.78, 5) is 56.7. The molecule has 4 amide bonds. The fraction of sp³-hybridized carbons (Fsp3) is 0.385. The number of carbonyl (C=O) groups is 4. The van der Waals surface area contributed by atoms with Crippen LogP contribution in [-0.2, 0) is 0 Å². The summed E-state index contributed by atoms with van der Waals surface area (Å²) in [5, 5.41) is 44.1. The molecule has 8 N–H and O–H groups in total. The molecular formula is C26H32N12O6. The second-order valence-corrected chi connectivity index (χ2v) is 9.71. The average Bonchev–Trinajstić information content (AvgIpc) is 2.99. The number of hydrogen-bond acceptors (Lipinski definition) is 10. The average molecular weight is 609 g/mol. The molecule has 0 heterocycles. The summed E-state index contributed by atoms with van der Waals surface area (Å²) in [5.41, 5.74) is 16.5. The van der Waals surface area contributed by atoms with Crippen molar-refractivity contribution in [3.63, 3.8) is 0 Å². The first-order valence-corrected chi connectivity index (χ1v) is 13.5. The van der Waals surface area contributed by atoms with Gasteiger partial charge in [-0.3, -0.25) is 9.59 Å². The van der Waals surface area contributed by atoms with Gasteiger partial charge in [0, 0.05) is 72.6 Å². The Morgan fingerprint density at radius 2 is 1.09 bits per heavy atom. The maximum absolute atomic E-state index is 13.6. The first-order chi connectivity index (χ1) is 21.1. The number of fused-ring (bicyclic) bond motifs is 2. The second-order valence-electron chi connectivity index (χ2n) is 9.71. The van der Waals surface area contributed by atoms with Crippen molar-refractivity contribution in [2.24, 2.45) is 10.2 Å². The highest BCUT2D eigenvalue weighted by atomic mass is 16.3. The van der Waals surface area contributed by atoms with Gasteiger partial charge in [0.2, 0.25) is 11.6 Å². The van der Waals surface area contributed by atoms with E-state index in [1.165, 1.54) is 0 Å². The molecule has 0 saturated carbocycles. The van der Waals surface area contributed by atoms with Gasteiger partial charge < -0.3 is 42.1 Å². The van der Waals surface area contributed by atoms with Crippen LogP contribution in [0.5, 0.6) is 11.5 Å². The number of benzene rings is 2. The highest BCUT2D eigenvalue weighted by Gasteiger charge is 2.38. The van der Waals surface area contributed by atoms with E-state index in [0.29, 0.717) is 0 Å². The summed E-state index contributed by atoms with van der Waals surface area (Å²) in [5.74, 6) is -2.33. The third-order valence-corrected chi connectivity index (χ3v) is 6.32. The molecule has 18 heteroatoms. The van der Waals surface area contributed by atoms with Gasteiger partial charge in [-0.25, -0.2) is 9.59 Å². The Balaban J connectivity index is 1.75. The minimum absolute atomic E-state index is 0.0431. The van der Waals surface area contributed by atoms with Crippen molar-refractivity contribution < 1.29 is 29.4 Å². The lowest BCUT2D eigenvalue weighted by molar-refractivity contribution is 0.0975. The van der Waals surface area contributed by atoms with Crippen molar-refractivity contribution >= 4 is 35.0 Å². The topological polar surface area (TPSA) is 278 Å². The molecule has 0 bridgehead atoms. The smallest absolute Gasteiger partial charge is 0.315 e. The molecule has 0 saturated heterocycles. The Hall–Kier alpha value is -5.86. The number of anilines is 2. The summed E-state index contributed by atoms with van der Waals surface area (Å²) in [7, 11) is 0. The molecule has 2 aromatic rings. The van der Waals surface area contributed by atoms with Crippen LogP contribution in [0.25, 0.3) is 20.9 Å². The van der Waals surface area contributed by atoms with E-state index in [2.05, 4.69) is 52.0 Å². The number of nitrogens with one attached hydrogen (secondary N) is 6. The predicted molar refractivity (Wildman–Crippen MR) is 160 cm³/mol. The molecule has 44 heavy (non-hydrogen) atoms. The molecule has 0 spiro atoms. The summed E-state index contributed by atoms with van der Waals surface area (Å²) in [6.45, 7) is 4.03. The maximum atomic E-state index is 13.6. The lowest BCUT2D eigenvalue weighted by atomic mass is 9.81. The van der Waals surface area contributed by atoms with Crippen LogP contribution in [0.3, 0.4) is 0 Å². The third kappa shape index (κ3) is 8.12. The Morgan fingerprint density at radius 3 is 1.45 bits per heavy atom. The van der Waals surface area contributed by atoms with Gasteiger partial charge in [0.05, 0.1) is 22.3 Å². The van der Waals surface area contributed by atoms with E-state index in [4.69, 9.17) is 11.1 Å². The van der Waals surface area contributed by atoms with Gasteiger partial charge in [-0.2, -0.15) is 0 Å². The van der Waals surface area contributed by atoms with Crippen molar-refractivity contribution in [2.45, 2.75) is 25.9 Å². The zero-order chi connectivity index (χ0) is 32.2. The fourth-order valence-corrected chi connectivity index (χ4v) is 4.36. The molecule has 0 fully saturated rings. The minimum Gasteiger partial charge on any atom is -0.507 e. The molecule has 232 valence electrons. The lowest BCUT2D eigenvalue weighted by Gasteiger charge is -2.25. The molecule has 1 aliphatic rings. The minimum atomic E-state index is -0.696. The van der Waals surface area contributed by atoms with E-state index in [1.54, 1.807) is 26.0 Å². The highest BCUT2D eigenvalue weighted by Crippen LogP contribution is 2.42. The normalized spacial score (nSPS) is 12.7. The summed E-state index contributed by atoms with van der Waals surface area (Å²) < 4.78 is 0. The van der Waals surface area contributed by atoms with E-state index in [1.807, 2.05) is 0 Å². The highest BCUT2D eigenvalue weighted by molar-refractivity contribution is 6.33. The Bertz CT molecular complexity index is 1420. The number of aromatic hydroxyl groups is 2. The number of amides is 4. The zero-order valence-electron chi connectivity index (χ0n) is 23.9. The summed E-state index contributed by atoms with van der Waals surface area (Å²) in [6.07, 6.45) is 0. The van der Waals surface area contributed by atoms with Crippen LogP contribution in [0.1, 0.15) is 45.7 Å². The summed E-state index contributed by atoms with van der Waals surface area (Å²) >= 11 is 0. The first-order valence-electron chi connectivity index (χ1n) is 13.5. The summed E-state index contributed by atoms with van der Waals surface area (Å²) in [6, 6.07) is 3.56. The zero-order valence-corrected chi connectivity index (χ0v) is 23.9. The SMILES string of the molecule is C[C@@H](CN=[N+]=[N-])NC(=O)NCCNc1ccc(NCCNC(=O)N[C@@H](C)CN=[N+]=[N-])c2c1C(=O)c1c(O)ccc(O)c1C2=O. The van der Waals surface area contributed by atoms with E-state index in [0.717, 1.165) is 12.1 Å². The van der Waals surface area contributed by atoms with Crippen LogP contribution in [0.2, 0.25) is 0 Å². The number of ketones is 2. The Labute approximate surface area is 250 Å². The number of rotatable bonds is 14. The molecule has 0 aromatic heterocycles. The molecule has 2 atom stereocenters. The molecule has 18 nitrogen and oxygen atoms in total. The van der Waals surface area contributed by atoms with Gasteiger partial charge in [-0.1, -0.05) is 10.2 Å². The van der Waals surface area contributed by atoms with Crippen LogP contribution in [0.4, 0.5) is 21.0 Å². The quantitative estimate of drug-likeness (QED) is 0.0441. The van der Waals surface area contributed by atoms with Gasteiger partial charge >= 0.3 is 12.1 Å². The van der Waals surface area contributed by atoms with E-state index >= 15 is 0 Å². The fourth-order valence-electron chi connectivity index (χ4n) is 4.36. The van der Waals surface area contributed by atoms with Gasteiger partial charge in [0.15, 0.2) is 0 Å². The number of urea groups is 2. The lowest BCUT2D eigenvalue weighted by Crippen LogP contribution is -2.43. The van der Waals surface area contributed by atoms with Gasteiger partial charge in [0.25, 0.3) is 0 Å². The van der Waals surface area contributed by atoms with Crippen LogP contribution in [0, 0.1) is 0 Å². The van der Waals surface area contributed by atoms with Crippen molar-refractivity contribution in [3.05, 3.63) is 67.4 Å². The van der Waals surface area contributed by atoms with Crippen LogP contribution in [-0.4, -0.2) is 85.2 Å². The van der Waals surface area contributed by atoms with Crippen molar-refractivity contribution in [2.75, 3.05) is 49.9 Å². The third-order valence-electron chi connectivity index (χ3n) is 6.32. The van der Waals surface area contributed by atoms with E-state index in [9.17, 15) is 29.4 Å². The molecule has 0 unspecified atom stereocenters. The number of hydrogen-bond donors (Lipinski definition) is 8. The standard InChI is InChI=1S/C26H32N12O6/c1-13(11-33-37-27)35-25(43)31-9-7-29-15-3-4-16(30-8-10-32-26(44)36-14(2)12-34-38-28)20-19(15)23(41)21-17(39)5-6-18(40)22(21)24(20)42/h3-6,13-14,29-30,39-40H,7-12H2,1-2H3,(H2,31,35,43)(H2,32,36,44)/t13-,14-/m0/s1. The van der Waals surface area contributed by atoms with Crippen molar-refractivity contribution in [3.8, 4) is 11.5 Å². The first kappa shape index (κ1) is 32.7. The number of phenols is 2. The van der Waals surface area contributed by atoms with Gasteiger partial charge in [0.1, 0.15) is 11.5 Å². The molecule has 0 radical (unpaired) electrons. The van der Waals surface area contributed by atoms with Crippen molar-refractivity contribution in [1.82, 2.24) is 21.3 Å². The number of carbonyl (C=O) groups excluding carboxylic acids is 4. The molecule has 0 aliphatic heterocycles. The van der Waals surface area contributed by atoms with Gasteiger partial charge in [-0.15, -0.1) is 0 Å². The number of phenolic OH excluding ortho intramolecular Hbond substituents is 2. The van der Waals surface area contributed by atoms with Crippen molar-refractivity contribution in [1.29, 1.82) is 0 Å². The molecule has 1 aliphatic carbocycles. The Kier molecular flexibility index (Phi) is 11.4. The molecule has 3 rings (SSSR count). The molecular weight excluding hydrogens is 576 g/mol. The van der Waals surface area contributed by atoms with Crippen LogP contribution >= 0.6 is 0 Å². The number of nitrogens with zero attached hydrogens (tertiary/aromatic N) is 6. The van der Waals surface area contributed by atoms with Gasteiger partial charge in [-0.05, 0) is 49.2 Å². The second kappa shape index (κ2) is 15.4.